The zero-order chi connectivity index (χ0) is 19.6. The van der Waals surface area contributed by atoms with Crippen LogP contribution in [0.1, 0.15) is 5.69 Å². The van der Waals surface area contributed by atoms with Crippen molar-refractivity contribution < 1.29 is 0 Å². The van der Waals surface area contributed by atoms with Gasteiger partial charge in [0.2, 0.25) is 0 Å². The monoisotopic (exact) mass is 383 g/mol. The number of aromatic nitrogens is 5. The quantitative estimate of drug-likeness (QED) is 0.538. The zero-order valence-electron chi connectivity index (χ0n) is 16.2. The second-order valence-electron chi connectivity index (χ2n) is 7.09. The Morgan fingerprint density at radius 1 is 0.690 bits per heavy atom. The number of hydrogen-bond acceptors (Lipinski definition) is 7. The SMILES string of the molecule is Cc1nc2ccccc2nc1N1CCN(c2ccc(-c3ccccn3)nn2)CC1. The largest absolute Gasteiger partial charge is 0.352 e. The van der Waals surface area contributed by atoms with E-state index < -0.39 is 0 Å². The van der Waals surface area contributed by atoms with Crippen molar-refractivity contribution in [2.24, 2.45) is 0 Å². The van der Waals surface area contributed by atoms with Crippen LogP contribution in [0.25, 0.3) is 22.4 Å². The van der Waals surface area contributed by atoms with Crippen LogP contribution in [0.3, 0.4) is 0 Å². The molecule has 144 valence electrons. The van der Waals surface area contributed by atoms with E-state index in [1.54, 1.807) is 6.20 Å². The maximum atomic E-state index is 4.85. The summed E-state index contributed by atoms with van der Waals surface area (Å²) in [5.74, 6) is 1.87. The Balaban J connectivity index is 1.30. The number of anilines is 2. The third-order valence-corrected chi connectivity index (χ3v) is 5.20. The molecule has 0 bridgehead atoms. The molecule has 4 aromatic rings. The van der Waals surface area contributed by atoms with Crippen molar-refractivity contribution >= 4 is 22.7 Å². The highest BCUT2D eigenvalue weighted by Gasteiger charge is 2.21. The van der Waals surface area contributed by atoms with Gasteiger partial charge in [-0.15, -0.1) is 10.2 Å². The normalized spacial score (nSPS) is 14.4. The Labute approximate surface area is 169 Å². The van der Waals surface area contributed by atoms with Crippen LogP contribution in [-0.4, -0.2) is 51.3 Å². The Hall–Kier alpha value is -3.61. The Bertz CT molecular complexity index is 1120. The summed E-state index contributed by atoms with van der Waals surface area (Å²) in [4.78, 5) is 18.5. The van der Waals surface area contributed by atoms with Crippen LogP contribution in [0.5, 0.6) is 0 Å². The lowest BCUT2D eigenvalue weighted by Crippen LogP contribution is -2.47. The molecule has 0 N–H and O–H groups in total. The standard InChI is InChI=1S/C22H21N7/c1-16-22(25-19-8-3-2-7-18(19)24-16)29-14-12-28(13-15-29)21-10-9-20(26-27-21)17-6-4-5-11-23-17/h2-11H,12-15H2,1H3. The molecule has 0 radical (unpaired) electrons. The predicted molar refractivity (Wildman–Crippen MR) is 114 cm³/mol. The minimum Gasteiger partial charge on any atom is -0.352 e. The molecule has 7 heteroatoms. The first-order chi connectivity index (χ1) is 14.3. The zero-order valence-corrected chi connectivity index (χ0v) is 16.2. The van der Waals surface area contributed by atoms with Gasteiger partial charge in [-0.05, 0) is 43.3 Å². The molecule has 7 nitrogen and oxygen atoms in total. The summed E-state index contributed by atoms with van der Waals surface area (Å²) in [6, 6.07) is 17.8. The van der Waals surface area contributed by atoms with Crippen molar-refractivity contribution in [2.75, 3.05) is 36.0 Å². The predicted octanol–water partition coefficient (Wildman–Crippen LogP) is 3.12. The number of fused-ring (bicyclic) bond motifs is 1. The van der Waals surface area contributed by atoms with Crippen molar-refractivity contribution in [1.29, 1.82) is 0 Å². The first-order valence-electron chi connectivity index (χ1n) is 9.76. The van der Waals surface area contributed by atoms with Gasteiger partial charge in [-0.3, -0.25) is 4.98 Å². The van der Waals surface area contributed by atoms with Crippen molar-refractivity contribution in [3.63, 3.8) is 0 Å². The van der Waals surface area contributed by atoms with Gasteiger partial charge in [0.15, 0.2) is 11.6 Å². The van der Waals surface area contributed by atoms with Crippen LogP contribution >= 0.6 is 0 Å². The number of nitrogens with zero attached hydrogens (tertiary/aromatic N) is 7. The average Bonchev–Trinajstić information content (AvgIpc) is 2.79. The van der Waals surface area contributed by atoms with E-state index >= 15 is 0 Å². The summed E-state index contributed by atoms with van der Waals surface area (Å²) in [5.41, 5.74) is 4.47. The molecule has 0 aliphatic carbocycles. The van der Waals surface area contributed by atoms with Gasteiger partial charge in [0.1, 0.15) is 5.69 Å². The molecular formula is C22H21N7. The van der Waals surface area contributed by atoms with E-state index in [4.69, 9.17) is 9.97 Å². The first kappa shape index (κ1) is 17.5. The molecule has 1 fully saturated rings. The minimum absolute atomic E-state index is 0.787. The molecule has 4 heterocycles. The maximum absolute atomic E-state index is 4.85. The van der Waals surface area contributed by atoms with E-state index in [9.17, 15) is 0 Å². The molecule has 0 saturated carbocycles. The van der Waals surface area contributed by atoms with Gasteiger partial charge in [-0.2, -0.15) is 0 Å². The van der Waals surface area contributed by atoms with Crippen LogP contribution in [-0.2, 0) is 0 Å². The fraction of sp³-hybridized carbons (Fsp3) is 0.227. The highest BCUT2D eigenvalue weighted by Crippen LogP contribution is 2.23. The summed E-state index contributed by atoms with van der Waals surface area (Å²) >= 11 is 0. The van der Waals surface area contributed by atoms with Gasteiger partial charge >= 0.3 is 0 Å². The van der Waals surface area contributed by atoms with E-state index in [0.717, 1.165) is 65.9 Å². The summed E-state index contributed by atoms with van der Waals surface area (Å²) in [6.07, 6.45) is 1.77. The number of rotatable bonds is 3. The van der Waals surface area contributed by atoms with Gasteiger partial charge in [0.25, 0.3) is 0 Å². The molecule has 29 heavy (non-hydrogen) atoms. The summed E-state index contributed by atoms with van der Waals surface area (Å²) in [7, 11) is 0. The smallest absolute Gasteiger partial charge is 0.151 e. The van der Waals surface area contributed by atoms with Crippen molar-refractivity contribution in [3.8, 4) is 11.4 Å². The van der Waals surface area contributed by atoms with Gasteiger partial charge in [-0.1, -0.05) is 18.2 Å². The first-order valence-corrected chi connectivity index (χ1v) is 9.76. The topological polar surface area (TPSA) is 70.9 Å². The lowest BCUT2D eigenvalue weighted by Gasteiger charge is -2.36. The Morgan fingerprint density at radius 2 is 1.41 bits per heavy atom. The molecule has 5 rings (SSSR count). The lowest BCUT2D eigenvalue weighted by atomic mass is 10.2. The number of aryl methyl sites for hydroxylation is 1. The number of benzene rings is 1. The maximum Gasteiger partial charge on any atom is 0.151 e. The third kappa shape index (κ3) is 3.47. The summed E-state index contributed by atoms with van der Waals surface area (Å²) in [6.45, 7) is 5.51. The van der Waals surface area contributed by atoms with Crippen LogP contribution in [0.15, 0.2) is 60.8 Å². The van der Waals surface area contributed by atoms with Gasteiger partial charge in [0, 0.05) is 32.4 Å². The van der Waals surface area contributed by atoms with Gasteiger partial charge < -0.3 is 9.80 Å². The number of pyridine rings is 1. The van der Waals surface area contributed by atoms with Crippen molar-refractivity contribution in [1.82, 2.24) is 25.1 Å². The Kier molecular flexibility index (Phi) is 4.48. The highest BCUT2D eigenvalue weighted by atomic mass is 15.3. The van der Waals surface area contributed by atoms with E-state index in [1.807, 2.05) is 61.5 Å². The summed E-state index contributed by atoms with van der Waals surface area (Å²) < 4.78 is 0. The second kappa shape index (κ2) is 7.43. The Morgan fingerprint density at radius 3 is 2.10 bits per heavy atom. The molecule has 1 aromatic carbocycles. The van der Waals surface area contributed by atoms with Crippen LogP contribution in [0.2, 0.25) is 0 Å². The van der Waals surface area contributed by atoms with Crippen molar-refractivity contribution in [2.45, 2.75) is 6.92 Å². The number of hydrogen-bond donors (Lipinski definition) is 0. The van der Waals surface area contributed by atoms with Crippen LogP contribution in [0, 0.1) is 6.92 Å². The third-order valence-electron chi connectivity index (χ3n) is 5.20. The van der Waals surface area contributed by atoms with Gasteiger partial charge in [-0.25, -0.2) is 9.97 Å². The molecule has 3 aromatic heterocycles. The lowest BCUT2D eigenvalue weighted by molar-refractivity contribution is 0.636. The highest BCUT2D eigenvalue weighted by molar-refractivity contribution is 5.76. The van der Waals surface area contributed by atoms with Crippen LogP contribution < -0.4 is 9.80 Å². The fourth-order valence-electron chi connectivity index (χ4n) is 3.67. The van der Waals surface area contributed by atoms with E-state index in [1.165, 1.54) is 0 Å². The minimum atomic E-state index is 0.787. The van der Waals surface area contributed by atoms with E-state index in [-0.39, 0.29) is 0 Å². The van der Waals surface area contributed by atoms with Gasteiger partial charge in [0.05, 0.1) is 22.4 Å². The van der Waals surface area contributed by atoms with E-state index in [2.05, 4.69) is 25.0 Å². The molecule has 1 aliphatic rings. The summed E-state index contributed by atoms with van der Waals surface area (Å²) in [5, 5.41) is 8.78. The fourth-order valence-corrected chi connectivity index (χ4v) is 3.67. The number of piperazine rings is 1. The van der Waals surface area contributed by atoms with Crippen molar-refractivity contribution in [3.05, 3.63) is 66.5 Å². The average molecular weight is 383 g/mol. The molecule has 0 spiro atoms. The molecular weight excluding hydrogens is 362 g/mol. The molecule has 0 atom stereocenters. The molecule has 0 amide bonds. The second-order valence-corrected chi connectivity index (χ2v) is 7.09. The molecule has 1 aliphatic heterocycles. The van der Waals surface area contributed by atoms with E-state index in [0.29, 0.717) is 0 Å². The molecule has 1 saturated heterocycles. The number of para-hydroxylation sites is 2. The molecule has 0 unspecified atom stereocenters. The van der Waals surface area contributed by atoms with Crippen LogP contribution in [0.4, 0.5) is 11.6 Å².